The van der Waals surface area contributed by atoms with Crippen LogP contribution in [-0.2, 0) is 17.9 Å². The maximum atomic E-state index is 12.3. The van der Waals surface area contributed by atoms with Gasteiger partial charge in [0.05, 0.1) is 12.9 Å². The molecule has 1 aliphatic rings. The van der Waals surface area contributed by atoms with Gasteiger partial charge < -0.3 is 14.9 Å². The average molecular weight is 361 g/mol. The second-order valence-electron chi connectivity index (χ2n) is 5.86. The molecule has 6 nitrogen and oxygen atoms in total. The number of aliphatic hydroxyl groups is 1. The van der Waals surface area contributed by atoms with Gasteiger partial charge in [0.1, 0.15) is 6.54 Å². The number of nitrogens with zero attached hydrogens (tertiary/aromatic N) is 4. The largest absolute Gasteiger partial charge is 0.392 e. The van der Waals surface area contributed by atoms with Crippen LogP contribution in [-0.4, -0.2) is 71.8 Å². The quantitative estimate of drug-likeness (QED) is 0.596. The molecule has 0 unspecified atom stereocenters. The number of benzene rings is 1. The number of hydrogen-bond donors (Lipinski definition) is 1. The first-order valence-corrected chi connectivity index (χ1v) is 9.15. The van der Waals surface area contributed by atoms with Crippen molar-refractivity contribution in [2.24, 2.45) is 4.99 Å². The molecule has 1 saturated heterocycles. The molecule has 0 aliphatic carbocycles. The zero-order chi connectivity index (χ0) is 19.4. The minimum atomic E-state index is 0.0749. The number of amides is 1. The summed E-state index contributed by atoms with van der Waals surface area (Å²) < 4.78 is 0. The van der Waals surface area contributed by atoms with Crippen LogP contribution in [0.1, 0.15) is 25.0 Å². The van der Waals surface area contributed by atoms with Gasteiger partial charge in [0.15, 0.2) is 0 Å². The number of carbonyl (C=O) groups is 1. The van der Waals surface area contributed by atoms with Gasteiger partial charge in [-0.25, -0.2) is 0 Å². The van der Waals surface area contributed by atoms with Crippen LogP contribution in [0.2, 0.25) is 0 Å². The van der Waals surface area contributed by atoms with Gasteiger partial charge >= 0.3 is 0 Å². The number of hydrogen-bond acceptors (Lipinski definition) is 4. The van der Waals surface area contributed by atoms with Crippen molar-refractivity contribution in [2.75, 3.05) is 39.8 Å². The summed E-state index contributed by atoms with van der Waals surface area (Å²) >= 11 is 0. The summed E-state index contributed by atoms with van der Waals surface area (Å²) in [6.07, 6.45) is 3.22. The Kier molecular flexibility index (Phi) is 10.3. The predicted octanol–water partition coefficient (Wildman–Crippen LogP) is 1.95. The Labute approximate surface area is 157 Å². The van der Waals surface area contributed by atoms with Crippen LogP contribution >= 0.6 is 0 Å². The van der Waals surface area contributed by atoms with Crippen LogP contribution in [0.25, 0.3) is 0 Å². The summed E-state index contributed by atoms with van der Waals surface area (Å²) in [7, 11) is 1.67. The van der Waals surface area contributed by atoms with Crippen molar-refractivity contribution in [1.29, 1.82) is 0 Å². The molecule has 1 fully saturated rings. The molecule has 0 radical (unpaired) electrons. The van der Waals surface area contributed by atoms with Gasteiger partial charge in [-0.15, -0.1) is 0 Å². The summed E-state index contributed by atoms with van der Waals surface area (Å²) in [5.74, 6) is 0.0988. The minimum absolute atomic E-state index is 0.0749. The van der Waals surface area contributed by atoms with Crippen molar-refractivity contribution in [3.05, 3.63) is 48.2 Å². The Morgan fingerprint density at radius 3 is 2.27 bits per heavy atom. The van der Waals surface area contributed by atoms with E-state index in [0.29, 0.717) is 0 Å². The summed E-state index contributed by atoms with van der Waals surface area (Å²) in [6, 6.07) is 8.01. The van der Waals surface area contributed by atoms with E-state index in [1.165, 1.54) is 5.56 Å². The molecule has 26 heavy (non-hydrogen) atoms. The van der Waals surface area contributed by atoms with E-state index in [1.54, 1.807) is 24.5 Å². The Morgan fingerprint density at radius 2 is 1.77 bits per heavy atom. The van der Waals surface area contributed by atoms with E-state index in [0.717, 1.165) is 38.3 Å². The van der Waals surface area contributed by atoms with E-state index in [2.05, 4.69) is 28.6 Å². The molecule has 144 valence electrons. The molecule has 1 aromatic carbocycles. The lowest BCUT2D eigenvalue weighted by molar-refractivity contribution is -0.132. The first-order chi connectivity index (χ1) is 12.7. The molecule has 0 atom stereocenters. The fourth-order valence-corrected chi connectivity index (χ4v) is 2.72. The molecular formula is C20H32N4O2. The van der Waals surface area contributed by atoms with E-state index < -0.39 is 0 Å². The summed E-state index contributed by atoms with van der Waals surface area (Å²) in [4.78, 5) is 22.2. The summed E-state index contributed by atoms with van der Waals surface area (Å²) in [5.41, 5.74) is 2.15. The van der Waals surface area contributed by atoms with Gasteiger partial charge in [-0.3, -0.25) is 14.7 Å². The van der Waals surface area contributed by atoms with Crippen LogP contribution < -0.4 is 0 Å². The smallest absolute Gasteiger partial charge is 0.242 e. The van der Waals surface area contributed by atoms with E-state index in [-0.39, 0.29) is 19.1 Å². The molecule has 1 N–H and O–H groups in total. The summed E-state index contributed by atoms with van der Waals surface area (Å²) in [6.45, 7) is 12.1. The Balaban J connectivity index is 0.00000163. The van der Waals surface area contributed by atoms with E-state index in [9.17, 15) is 4.79 Å². The van der Waals surface area contributed by atoms with Crippen LogP contribution in [0.4, 0.5) is 0 Å². The molecule has 0 bridgehead atoms. The number of carbonyl (C=O) groups excluding carboxylic acids is 1. The highest BCUT2D eigenvalue weighted by Gasteiger charge is 2.21. The van der Waals surface area contributed by atoms with E-state index in [1.807, 2.05) is 30.9 Å². The zero-order valence-electron chi connectivity index (χ0n) is 16.3. The van der Waals surface area contributed by atoms with Crippen LogP contribution in [0.5, 0.6) is 0 Å². The monoisotopic (exact) mass is 360 g/mol. The molecule has 0 spiro atoms. The molecule has 0 aromatic heterocycles. The van der Waals surface area contributed by atoms with Gasteiger partial charge in [-0.2, -0.15) is 0 Å². The van der Waals surface area contributed by atoms with E-state index >= 15 is 0 Å². The zero-order valence-corrected chi connectivity index (χ0v) is 16.3. The highest BCUT2D eigenvalue weighted by Crippen LogP contribution is 2.10. The van der Waals surface area contributed by atoms with Gasteiger partial charge in [0.25, 0.3) is 0 Å². The lowest BCUT2D eigenvalue weighted by Gasteiger charge is -2.35. The van der Waals surface area contributed by atoms with Gasteiger partial charge in [0.2, 0.25) is 5.91 Å². The van der Waals surface area contributed by atoms with Crippen LogP contribution in [0.15, 0.2) is 42.0 Å². The van der Waals surface area contributed by atoms with Gasteiger partial charge in [0, 0.05) is 39.8 Å². The number of piperazine rings is 1. The Morgan fingerprint density at radius 1 is 1.19 bits per heavy atom. The lowest BCUT2D eigenvalue weighted by atomic mass is 10.1. The molecule has 1 aromatic rings. The molecular weight excluding hydrogens is 328 g/mol. The standard InChI is InChI=1S/C18H26N4O2.C2H6/c1-3-20(15-19-2)13-18(24)22-10-8-21(9-11-22)12-16-4-6-17(14-23)7-5-16;1-2/h3-7,15,23H,1,8-14H2,2H3;1-2H3. The third-order valence-corrected chi connectivity index (χ3v) is 4.15. The topological polar surface area (TPSA) is 59.4 Å². The maximum Gasteiger partial charge on any atom is 0.242 e. The second kappa shape index (κ2) is 12.2. The first-order valence-electron chi connectivity index (χ1n) is 9.15. The number of aliphatic imine (C=N–C) groups is 1. The minimum Gasteiger partial charge on any atom is -0.392 e. The van der Waals surface area contributed by atoms with E-state index in [4.69, 9.17) is 5.11 Å². The fourth-order valence-electron chi connectivity index (χ4n) is 2.72. The average Bonchev–Trinajstić information content (AvgIpc) is 2.70. The molecule has 2 rings (SSSR count). The number of aliphatic hydroxyl groups excluding tert-OH is 1. The second-order valence-corrected chi connectivity index (χ2v) is 5.86. The number of rotatable bonds is 7. The van der Waals surface area contributed by atoms with Crippen molar-refractivity contribution in [2.45, 2.75) is 27.0 Å². The molecule has 1 amide bonds. The first kappa shape index (κ1) is 21.9. The van der Waals surface area contributed by atoms with Crippen molar-refractivity contribution >= 4 is 12.2 Å². The Bertz CT molecular complexity index is 564. The molecule has 0 saturated carbocycles. The van der Waals surface area contributed by atoms with Gasteiger partial charge in [-0.1, -0.05) is 44.7 Å². The third-order valence-electron chi connectivity index (χ3n) is 4.15. The molecule has 1 aliphatic heterocycles. The van der Waals surface area contributed by atoms with Crippen LogP contribution in [0.3, 0.4) is 0 Å². The van der Waals surface area contributed by atoms with Crippen molar-refractivity contribution in [3.63, 3.8) is 0 Å². The highest BCUT2D eigenvalue weighted by molar-refractivity contribution is 5.81. The third kappa shape index (κ3) is 6.98. The van der Waals surface area contributed by atoms with Crippen molar-refractivity contribution < 1.29 is 9.90 Å². The predicted molar refractivity (Wildman–Crippen MR) is 107 cm³/mol. The van der Waals surface area contributed by atoms with Crippen molar-refractivity contribution in [3.8, 4) is 0 Å². The maximum absolute atomic E-state index is 12.3. The fraction of sp³-hybridized carbons (Fsp3) is 0.500. The van der Waals surface area contributed by atoms with Crippen molar-refractivity contribution in [1.82, 2.24) is 14.7 Å². The SMILES string of the molecule is C=CN(C=NC)CC(=O)N1CCN(Cc2ccc(CO)cc2)CC1.CC. The van der Waals surface area contributed by atoms with Crippen LogP contribution in [0, 0.1) is 0 Å². The molecule has 6 heteroatoms. The summed E-state index contributed by atoms with van der Waals surface area (Å²) in [5, 5.41) is 9.08. The highest BCUT2D eigenvalue weighted by atomic mass is 16.3. The normalized spacial score (nSPS) is 14.7. The Hall–Kier alpha value is -2.18. The lowest BCUT2D eigenvalue weighted by Crippen LogP contribution is -2.50. The molecule has 1 heterocycles. The van der Waals surface area contributed by atoms with Gasteiger partial charge in [-0.05, 0) is 17.3 Å².